The second-order valence-electron chi connectivity index (χ2n) is 5.04. The molecule has 0 amide bonds. The van der Waals surface area contributed by atoms with E-state index in [9.17, 15) is 0 Å². The number of fused-ring (bicyclic) bond motifs is 1. The van der Waals surface area contributed by atoms with Crippen LogP contribution < -0.4 is 5.73 Å². The van der Waals surface area contributed by atoms with E-state index in [4.69, 9.17) is 28.9 Å². The zero-order valence-electron chi connectivity index (χ0n) is 11.2. The molecule has 6 heteroatoms. The van der Waals surface area contributed by atoms with E-state index in [1.54, 1.807) is 6.20 Å². The number of hydrogen-bond acceptors (Lipinski definition) is 3. The Morgan fingerprint density at radius 2 is 2.20 bits per heavy atom. The highest BCUT2D eigenvalue weighted by Crippen LogP contribution is 2.40. The molecule has 0 saturated heterocycles. The molecule has 20 heavy (non-hydrogen) atoms. The molecular formula is C14H16Cl2N4. The summed E-state index contributed by atoms with van der Waals surface area (Å²) in [5.74, 6) is 1.01. The molecule has 0 radical (unpaired) electrons. The van der Waals surface area contributed by atoms with Crippen LogP contribution in [0.3, 0.4) is 0 Å². The van der Waals surface area contributed by atoms with Crippen molar-refractivity contribution in [3.05, 3.63) is 51.5 Å². The lowest BCUT2D eigenvalue weighted by atomic mass is 10.1. The standard InChI is InChI=1S/C14H16Cl2N4/c1-19-5-4-18-13(19)8-20-7-10-9(12(20)6-17)2-3-11(15)14(10)16/h2-5,12H,6-8,17H2,1H3. The van der Waals surface area contributed by atoms with E-state index in [1.807, 2.05) is 29.9 Å². The summed E-state index contributed by atoms with van der Waals surface area (Å²) in [5, 5.41) is 1.24. The van der Waals surface area contributed by atoms with Crippen LogP contribution in [0.5, 0.6) is 0 Å². The van der Waals surface area contributed by atoms with E-state index >= 15 is 0 Å². The van der Waals surface area contributed by atoms with Gasteiger partial charge in [-0.15, -0.1) is 0 Å². The molecule has 2 heterocycles. The van der Waals surface area contributed by atoms with Gasteiger partial charge in [0.05, 0.1) is 16.6 Å². The SMILES string of the molecule is Cn1ccnc1CN1Cc2c(ccc(Cl)c2Cl)C1CN. The molecule has 0 aliphatic carbocycles. The highest BCUT2D eigenvalue weighted by Gasteiger charge is 2.31. The second kappa shape index (κ2) is 5.37. The highest BCUT2D eigenvalue weighted by atomic mass is 35.5. The van der Waals surface area contributed by atoms with Gasteiger partial charge in [0, 0.05) is 38.6 Å². The lowest BCUT2D eigenvalue weighted by molar-refractivity contribution is 0.203. The Labute approximate surface area is 128 Å². The van der Waals surface area contributed by atoms with E-state index in [1.165, 1.54) is 5.56 Å². The van der Waals surface area contributed by atoms with Gasteiger partial charge in [-0.3, -0.25) is 4.90 Å². The van der Waals surface area contributed by atoms with E-state index in [0.717, 1.165) is 24.5 Å². The van der Waals surface area contributed by atoms with Crippen LogP contribution in [0.25, 0.3) is 0 Å². The van der Waals surface area contributed by atoms with Crippen LogP contribution in [0.1, 0.15) is 23.0 Å². The van der Waals surface area contributed by atoms with Gasteiger partial charge in [-0.05, 0) is 17.2 Å². The Morgan fingerprint density at radius 1 is 1.40 bits per heavy atom. The van der Waals surface area contributed by atoms with Crippen molar-refractivity contribution in [3.8, 4) is 0 Å². The van der Waals surface area contributed by atoms with Crippen LogP contribution >= 0.6 is 23.2 Å². The maximum atomic E-state index is 6.32. The van der Waals surface area contributed by atoms with Crippen LogP contribution in [0.15, 0.2) is 24.5 Å². The van der Waals surface area contributed by atoms with Gasteiger partial charge in [-0.1, -0.05) is 29.3 Å². The van der Waals surface area contributed by atoms with E-state index in [0.29, 0.717) is 16.6 Å². The molecule has 0 saturated carbocycles. The van der Waals surface area contributed by atoms with E-state index < -0.39 is 0 Å². The number of rotatable bonds is 3. The van der Waals surface area contributed by atoms with Gasteiger partial charge in [0.1, 0.15) is 5.82 Å². The molecular weight excluding hydrogens is 295 g/mol. The largest absolute Gasteiger partial charge is 0.337 e. The van der Waals surface area contributed by atoms with Gasteiger partial charge in [0.25, 0.3) is 0 Å². The number of nitrogens with zero attached hydrogens (tertiary/aromatic N) is 3. The minimum absolute atomic E-state index is 0.163. The van der Waals surface area contributed by atoms with Crippen molar-refractivity contribution >= 4 is 23.2 Å². The third kappa shape index (κ3) is 2.23. The molecule has 1 aromatic heterocycles. The predicted molar refractivity (Wildman–Crippen MR) is 80.7 cm³/mol. The molecule has 106 valence electrons. The van der Waals surface area contributed by atoms with Crippen molar-refractivity contribution in [3.63, 3.8) is 0 Å². The first-order valence-electron chi connectivity index (χ1n) is 6.49. The number of halogens is 2. The van der Waals surface area contributed by atoms with Crippen LogP contribution in [0, 0.1) is 0 Å². The molecule has 3 rings (SSSR count). The normalized spacial score (nSPS) is 18.5. The summed E-state index contributed by atoms with van der Waals surface area (Å²) in [6.07, 6.45) is 3.75. The Morgan fingerprint density at radius 3 is 2.85 bits per heavy atom. The summed E-state index contributed by atoms with van der Waals surface area (Å²) in [7, 11) is 1.99. The van der Waals surface area contributed by atoms with Gasteiger partial charge in [-0.25, -0.2) is 4.98 Å². The number of imidazole rings is 1. The lowest BCUT2D eigenvalue weighted by Crippen LogP contribution is -2.28. The Kier molecular flexibility index (Phi) is 3.73. The zero-order valence-corrected chi connectivity index (χ0v) is 12.7. The van der Waals surface area contributed by atoms with Crippen LogP contribution in [0.4, 0.5) is 0 Å². The molecule has 1 aliphatic heterocycles. The van der Waals surface area contributed by atoms with Gasteiger partial charge in [-0.2, -0.15) is 0 Å². The Balaban J connectivity index is 1.92. The molecule has 2 N–H and O–H groups in total. The average molecular weight is 311 g/mol. The third-order valence-corrected chi connectivity index (χ3v) is 4.73. The van der Waals surface area contributed by atoms with E-state index in [-0.39, 0.29) is 6.04 Å². The summed E-state index contributed by atoms with van der Waals surface area (Å²) in [4.78, 5) is 6.66. The average Bonchev–Trinajstić information content (AvgIpc) is 2.99. The number of nitrogens with two attached hydrogens (primary N) is 1. The maximum Gasteiger partial charge on any atom is 0.122 e. The van der Waals surface area contributed by atoms with Crippen LogP contribution in [-0.2, 0) is 20.1 Å². The number of hydrogen-bond donors (Lipinski definition) is 1. The van der Waals surface area contributed by atoms with Crippen molar-refractivity contribution in [2.75, 3.05) is 6.54 Å². The van der Waals surface area contributed by atoms with Crippen molar-refractivity contribution in [1.82, 2.24) is 14.5 Å². The molecule has 1 aromatic carbocycles. The quantitative estimate of drug-likeness (QED) is 0.948. The molecule has 1 unspecified atom stereocenters. The lowest BCUT2D eigenvalue weighted by Gasteiger charge is -2.23. The first-order valence-corrected chi connectivity index (χ1v) is 7.24. The topological polar surface area (TPSA) is 47.1 Å². The van der Waals surface area contributed by atoms with Gasteiger partial charge in [0.15, 0.2) is 0 Å². The molecule has 1 atom stereocenters. The second-order valence-corrected chi connectivity index (χ2v) is 5.83. The molecule has 4 nitrogen and oxygen atoms in total. The Hall–Kier alpha value is -1.07. The third-order valence-electron chi connectivity index (χ3n) is 3.88. The first-order chi connectivity index (χ1) is 9.61. The summed E-state index contributed by atoms with van der Waals surface area (Å²) < 4.78 is 2.02. The van der Waals surface area contributed by atoms with Crippen molar-refractivity contribution in [1.29, 1.82) is 0 Å². The smallest absolute Gasteiger partial charge is 0.122 e. The summed E-state index contributed by atoms with van der Waals surface area (Å²) >= 11 is 12.4. The fourth-order valence-electron chi connectivity index (χ4n) is 2.76. The van der Waals surface area contributed by atoms with Crippen molar-refractivity contribution < 1.29 is 0 Å². The van der Waals surface area contributed by atoms with Crippen LogP contribution in [-0.4, -0.2) is 21.0 Å². The minimum Gasteiger partial charge on any atom is -0.337 e. The minimum atomic E-state index is 0.163. The van der Waals surface area contributed by atoms with Gasteiger partial charge in [0.2, 0.25) is 0 Å². The summed E-state index contributed by atoms with van der Waals surface area (Å²) in [5.41, 5.74) is 8.21. The zero-order chi connectivity index (χ0) is 14.3. The van der Waals surface area contributed by atoms with Gasteiger partial charge < -0.3 is 10.3 Å². The van der Waals surface area contributed by atoms with Crippen molar-refractivity contribution in [2.45, 2.75) is 19.1 Å². The number of aromatic nitrogens is 2. The molecule has 0 spiro atoms. The predicted octanol–water partition coefficient (Wildman–Crippen LogP) is 2.74. The van der Waals surface area contributed by atoms with Crippen molar-refractivity contribution in [2.24, 2.45) is 12.8 Å². The molecule has 0 fully saturated rings. The van der Waals surface area contributed by atoms with Gasteiger partial charge >= 0.3 is 0 Å². The molecule has 0 bridgehead atoms. The summed E-state index contributed by atoms with van der Waals surface area (Å²) in [6.45, 7) is 2.05. The monoisotopic (exact) mass is 310 g/mol. The fraction of sp³-hybridized carbons (Fsp3) is 0.357. The molecule has 2 aromatic rings. The Bertz CT molecular complexity index is 638. The highest BCUT2D eigenvalue weighted by molar-refractivity contribution is 6.42. The summed E-state index contributed by atoms with van der Waals surface area (Å²) in [6, 6.07) is 4.03. The molecule has 1 aliphatic rings. The van der Waals surface area contributed by atoms with E-state index in [2.05, 4.69) is 9.88 Å². The number of benzene rings is 1. The van der Waals surface area contributed by atoms with Crippen LogP contribution in [0.2, 0.25) is 10.0 Å². The first kappa shape index (κ1) is 13.9. The maximum absolute atomic E-state index is 6.32. The number of aryl methyl sites for hydroxylation is 1. The fourth-order valence-corrected chi connectivity index (χ4v) is 3.17.